The summed E-state index contributed by atoms with van der Waals surface area (Å²) in [5, 5.41) is 0. The molecule has 2 heterocycles. The van der Waals surface area contributed by atoms with Crippen LogP contribution < -0.4 is 16.4 Å². The molecule has 18 heavy (non-hydrogen) atoms. The molecule has 1 saturated heterocycles. The summed E-state index contributed by atoms with van der Waals surface area (Å²) >= 11 is 0. The van der Waals surface area contributed by atoms with Gasteiger partial charge in [-0.25, -0.2) is 4.98 Å². The quantitative estimate of drug-likeness (QED) is 0.822. The molecule has 5 nitrogen and oxygen atoms in total. The first kappa shape index (κ1) is 11.7. The predicted octanol–water partition coefficient (Wildman–Crippen LogP) is 1.25. The third-order valence-electron chi connectivity index (χ3n) is 4.07. The van der Waals surface area contributed by atoms with Crippen molar-refractivity contribution in [3.8, 4) is 0 Å². The smallest absolute Gasteiger partial charge is 0.222 e. The lowest BCUT2D eigenvalue weighted by Crippen LogP contribution is -2.27. The van der Waals surface area contributed by atoms with Gasteiger partial charge in [0.2, 0.25) is 5.95 Å². The number of rotatable bonds is 2. The van der Waals surface area contributed by atoms with E-state index in [0.717, 1.165) is 31.0 Å². The summed E-state index contributed by atoms with van der Waals surface area (Å²) in [6, 6.07) is 2.38. The number of hydrogen-bond acceptors (Lipinski definition) is 5. The van der Waals surface area contributed by atoms with Crippen molar-refractivity contribution >= 4 is 11.8 Å². The molecule has 3 rings (SSSR count). The number of aromatic nitrogens is 2. The molecule has 0 radical (unpaired) electrons. The highest BCUT2D eigenvalue weighted by atomic mass is 15.2. The lowest BCUT2D eigenvalue weighted by molar-refractivity contribution is 0.694. The second-order valence-corrected chi connectivity index (χ2v) is 5.49. The lowest BCUT2D eigenvalue weighted by Gasteiger charge is -2.19. The molecule has 1 aliphatic heterocycles. The van der Waals surface area contributed by atoms with Gasteiger partial charge in [-0.15, -0.1) is 0 Å². The first-order valence-electron chi connectivity index (χ1n) is 6.87. The third-order valence-corrected chi connectivity index (χ3v) is 4.07. The van der Waals surface area contributed by atoms with E-state index in [4.69, 9.17) is 11.5 Å². The van der Waals surface area contributed by atoms with E-state index >= 15 is 0 Å². The summed E-state index contributed by atoms with van der Waals surface area (Å²) < 4.78 is 0. The topological polar surface area (TPSA) is 81.1 Å². The van der Waals surface area contributed by atoms with Crippen LogP contribution in [0.3, 0.4) is 0 Å². The Morgan fingerprint density at radius 2 is 1.94 bits per heavy atom. The maximum Gasteiger partial charge on any atom is 0.222 e. The molecule has 0 amide bonds. The van der Waals surface area contributed by atoms with E-state index in [9.17, 15) is 0 Å². The standard InChI is InChI=1S/C13H21N5/c14-10-5-6-18(8-10)12-7-11(16-13(15)17-12)9-3-1-2-4-9/h7,9-10H,1-6,8,14H2,(H2,15,16,17)/t10-/m0/s1. The Kier molecular flexibility index (Phi) is 3.07. The SMILES string of the molecule is Nc1nc(C2CCCC2)cc(N2CC[C@H](N)C2)n1. The summed E-state index contributed by atoms with van der Waals surface area (Å²) in [7, 11) is 0. The van der Waals surface area contributed by atoms with Crippen LogP contribution in [0, 0.1) is 0 Å². The van der Waals surface area contributed by atoms with E-state index in [0.29, 0.717) is 11.9 Å². The number of nitrogens with zero attached hydrogens (tertiary/aromatic N) is 3. The Labute approximate surface area is 108 Å². The second kappa shape index (κ2) is 4.72. The van der Waals surface area contributed by atoms with Crippen LogP contribution in [0.1, 0.15) is 43.7 Å². The Morgan fingerprint density at radius 3 is 2.61 bits per heavy atom. The van der Waals surface area contributed by atoms with Crippen LogP contribution in [0.25, 0.3) is 0 Å². The summed E-state index contributed by atoms with van der Waals surface area (Å²) in [5.41, 5.74) is 12.9. The fourth-order valence-electron chi connectivity index (χ4n) is 3.06. The number of nitrogens with two attached hydrogens (primary N) is 2. The van der Waals surface area contributed by atoms with E-state index in [1.54, 1.807) is 0 Å². The zero-order chi connectivity index (χ0) is 12.5. The maximum atomic E-state index is 5.94. The van der Waals surface area contributed by atoms with Gasteiger partial charge in [-0.1, -0.05) is 12.8 Å². The molecule has 98 valence electrons. The van der Waals surface area contributed by atoms with Gasteiger partial charge in [0.25, 0.3) is 0 Å². The highest BCUT2D eigenvalue weighted by Gasteiger charge is 2.24. The van der Waals surface area contributed by atoms with Crippen LogP contribution in [0.4, 0.5) is 11.8 Å². The van der Waals surface area contributed by atoms with Crippen molar-refractivity contribution in [1.29, 1.82) is 0 Å². The summed E-state index contributed by atoms with van der Waals surface area (Å²) in [4.78, 5) is 11.0. The average Bonchev–Trinajstić information content (AvgIpc) is 2.98. The Hall–Kier alpha value is -1.36. The van der Waals surface area contributed by atoms with Gasteiger partial charge in [0.1, 0.15) is 5.82 Å². The molecular formula is C13H21N5. The van der Waals surface area contributed by atoms with Crippen LogP contribution in [-0.4, -0.2) is 29.1 Å². The molecule has 1 atom stereocenters. The van der Waals surface area contributed by atoms with Crippen LogP contribution in [-0.2, 0) is 0 Å². The zero-order valence-electron chi connectivity index (χ0n) is 10.7. The van der Waals surface area contributed by atoms with Gasteiger partial charge in [0, 0.05) is 31.1 Å². The minimum atomic E-state index is 0.260. The van der Waals surface area contributed by atoms with E-state index in [2.05, 4.69) is 20.9 Å². The van der Waals surface area contributed by atoms with Gasteiger partial charge in [-0.05, 0) is 19.3 Å². The molecule has 1 aromatic rings. The van der Waals surface area contributed by atoms with Gasteiger partial charge < -0.3 is 16.4 Å². The third kappa shape index (κ3) is 2.27. The highest BCUT2D eigenvalue weighted by molar-refractivity contribution is 5.45. The minimum absolute atomic E-state index is 0.260. The summed E-state index contributed by atoms with van der Waals surface area (Å²) in [6.45, 7) is 1.85. The van der Waals surface area contributed by atoms with Crippen LogP contribution >= 0.6 is 0 Å². The molecular weight excluding hydrogens is 226 g/mol. The Morgan fingerprint density at radius 1 is 1.17 bits per heavy atom. The largest absolute Gasteiger partial charge is 0.368 e. The molecule has 0 spiro atoms. The Bertz CT molecular complexity index is 427. The van der Waals surface area contributed by atoms with Crippen molar-refractivity contribution < 1.29 is 0 Å². The minimum Gasteiger partial charge on any atom is -0.368 e. The van der Waals surface area contributed by atoms with Crippen molar-refractivity contribution in [2.24, 2.45) is 5.73 Å². The van der Waals surface area contributed by atoms with E-state index < -0.39 is 0 Å². The molecule has 1 aromatic heterocycles. The van der Waals surface area contributed by atoms with Crippen LogP contribution in [0.5, 0.6) is 0 Å². The highest BCUT2D eigenvalue weighted by Crippen LogP contribution is 2.34. The normalized spacial score (nSPS) is 24.9. The van der Waals surface area contributed by atoms with Gasteiger partial charge >= 0.3 is 0 Å². The van der Waals surface area contributed by atoms with Crippen molar-refractivity contribution in [2.75, 3.05) is 23.7 Å². The van der Waals surface area contributed by atoms with Crippen LogP contribution in [0.2, 0.25) is 0 Å². The predicted molar refractivity (Wildman–Crippen MR) is 72.5 cm³/mol. The van der Waals surface area contributed by atoms with Gasteiger partial charge in [0.15, 0.2) is 0 Å². The fraction of sp³-hybridized carbons (Fsp3) is 0.692. The first-order valence-corrected chi connectivity index (χ1v) is 6.87. The molecule has 1 aliphatic carbocycles. The Balaban J connectivity index is 1.85. The van der Waals surface area contributed by atoms with Gasteiger partial charge in [-0.3, -0.25) is 0 Å². The molecule has 0 bridgehead atoms. The van der Waals surface area contributed by atoms with E-state index in [1.165, 1.54) is 25.7 Å². The summed E-state index contributed by atoms with van der Waals surface area (Å²) in [5.74, 6) is 1.93. The van der Waals surface area contributed by atoms with Crippen molar-refractivity contribution in [1.82, 2.24) is 9.97 Å². The number of hydrogen-bond donors (Lipinski definition) is 2. The van der Waals surface area contributed by atoms with Gasteiger partial charge in [-0.2, -0.15) is 4.98 Å². The monoisotopic (exact) mass is 247 g/mol. The molecule has 5 heteroatoms. The van der Waals surface area contributed by atoms with Gasteiger partial charge in [0.05, 0.1) is 5.69 Å². The molecule has 1 saturated carbocycles. The second-order valence-electron chi connectivity index (χ2n) is 5.49. The van der Waals surface area contributed by atoms with E-state index in [-0.39, 0.29) is 6.04 Å². The van der Waals surface area contributed by atoms with Crippen molar-refractivity contribution in [3.05, 3.63) is 11.8 Å². The molecule has 2 fully saturated rings. The maximum absolute atomic E-state index is 5.94. The van der Waals surface area contributed by atoms with E-state index in [1.807, 2.05) is 0 Å². The first-order chi connectivity index (χ1) is 8.72. The van der Waals surface area contributed by atoms with Crippen molar-refractivity contribution in [3.63, 3.8) is 0 Å². The molecule has 0 unspecified atom stereocenters. The summed E-state index contributed by atoms with van der Waals surface area (Å²) in [6.07, 6.45) is 6.10. The molecule has 4 N–H and O–H groups in total. The van der Waals surface area contributed by atoms with Crippen molar-refractivity contribution in [2.45, 2.75) is 44.1 Å². The number of anilines is 2. The molecule has 0 aromatic carbocycles. The van der Waals surface area contributed by atoms with Crippen LogP contribution in [0.15, 0.2) is 6.07 Å². The average molecular weight is 247 g/mol. The molecule has 2 aliphatic rings. The number of nitrogen functional groups attached to an aromatic ring is 1. The fourth-order valence-corrected chi connectivity index (χ4v) is 3.06. The zero-order valence-corrected chi connectivity index (χ0v) is 10.7. The lowest BCUT2D eigenvalue weighted by atomic mass is 10.0.